The van der Waals surface area contributed by atoms with E-state index in [0.717, 1.165) is 24.5 Å². The molecule has 9 nitrogen and oxygen atoms in total. The van der Waals surface area contributed by atoms with Crippen molar-refractivity contribution in [3.05, 3.63) is 5.01 Å². The molecule has 25 heavy (non-hydrogen) atoms. The number of carbonyl (C=O) groups excluding carboxylic acids is 3. The van der Waals surface area contributed by atoms with E-state index in [4.69, 9.17) is 4.74 Å². The van der Waals surface area contributed by atoms with Crippen LogP contribution >= 0.6 is 11.3 Å². The number of aromatic nitrogens is 2. The molecule has 10 heteroatoms. The standard InChI is InChI=1S/C15H21N5O4S/c21-11(4-1-5-13(23)20-7-6-16-12(22)9-20)17-15-19-18-14(25-15)10-3-2-8-24-10/h10H,1-9H2,(H,16,22)(H,17,19,21)/t10-/m1/s1. The van der Waals surface area contributed by atoms with Gasteiger partial charge < -0.3 is 20.3 Å². The molecule has 0 aliphatic carbocycles. The van der Waals surface area contributed by atoms with Crippen molar-refractivity contribution in [1.29, 1.82) is 0 Å². The summed E-state index contributed by atoms with van der Waals surface area (Å²) in [5, 5.41) is 14.6. The van der Waals surface area contributed by atoms with E-state index in [1.54, 1.807) is 0 Å². The topological polar surface area (TPSA) is 114 Å². The predicted molar refractivity (Wildman–Crippen MR) is 89.9 cm³/mol. The maximum absolute atomic E-state index is 12.0. The molecular weight excluding hydrogens is 346 g/mol. The van der Waals surface area contributed by atoms with Crippen LogP contribution in [0.25, 0.3) is 0 Å². The van der Waals surface area contributed by atoms with Gasteiger partial charge in [0.15, 0.2) is 0 Å². The lowest BCUT2D eigenvalue weighted by molar-refractivity contribution is -0.138. The Morgan fingerprint density at radius 3 is 3.00 bits per heavy atom. The monoisotopic (exact) mass is 367 g/mol. The fraction of sp³-hybridized carbons (Fsp3) is 0.667. The molecule has 3 amide bonds. The lowest BCUT2D eigenvalue weighted by Crippen LogP contribution is -2.49. The number of hydrogen-bond donors (Lipinski definition) is 2. The van der Waals surface area contributed by atoms with E-state index >= 15 is 0 Å². The van der Waals surface area contributed by atoms with Crippen molar-refractivity contribution < 1.29 is 19.1 Å². The molecule has 2 saturated heterocycles. The Kier molecular flexibility index (Phi) is 5.92. The van der Waals surface area contributed by atoms with E-state index in [1.165, 1.54) is 16.2 Å². The average molecular weight is 367 g/mol. The van der Waals surface area contributed by atoms with Crippen molar-refractivity contribution in [2.45, 2.75) is 38.2 Å². The summed E-state index contributed by atoms with van der Waals surface area (Å²) in [6.07, 6.45) is 2.83. The maximum atomic E-state index is 12.0. The molecule has 0 spiro atoms. The van der Waals surface area contributed by atoms with Gasteiger partial charge in [0.2, 0.25) is 22.9 Å². The molecule has 3 rings (SSSR count). The van der Waals surface area contributed by atoms with Crippen molar-refractivity contribution >= 4 is 34.2 Å². The summed E-state index contributed by atoms with van der Waals surface area (Å²) >= 11 is 1.32. The minimum atomic E-state index is -0.195. The Morgan fingerprint density at radius 2 is 2.24 bits per heavy atom. The zero-order valence-electron chi connectivity index (χ0n) is 13.8. The van der Waals surface area contributed by atoms with Gasteiger partial charge in [0.25, 0.3) is 0 Å². The predicted octanol–water partition coefficient (Wildman–Crippen LogP) is 0.457. The summed E-state index contributed by atoms with van der Waals surface area (Å²) in [5.74, 6) is -0.436. The van der Waals surface area contributed by atoms with Gasteiger partial charge in [-0.25, -0.2) is 0 Å². The van der Waals surface area contributed by atoms with Crippen LogP contribution in [0.5, 0.6) is 0 Å². The first-order valence-electron chi connectivity index (χ1n) is 8.41. The van der Waals surface area contributed by atoms with Crippen LogP contribution in [0.4, 0.5) is 5.13 Å². The van der Waals surface area contributed by atoms with E-state index in [9.17, 15) is 14.4 Å². The smallest absolute Gasteiger partial charge is 0.239 e. The molecular formula is C15H21N5O4S. The first-order valence-corrected chi connectivity index (χ1v) is 9.23. The average Bonchev–Trinajstić information content (AvgIpc) is 3.26. The van der Waals surface area contributed by atoms with Crippen molar-refractivity contribution in [2.75, 3.05) is 31.6 Å². The number of piperazine rings is 1. The van der Waals surface area contributed by atoms with E-state index in [-0.39, 0.29) is 43.2 Å². The van der Waals surface area contributed by atoms with E-state index < -0.39 is 0 Å². The zero-order valence-corrected chi connectivity index (χ0v) is 14.6. The minimum Gasteiger partial charge on any atom is -0.371 e. The van der Waals surface area contributed by atoms with E-state index in [2.05, 4.69) is 20.8 Å². The number of anilines is 1. The van der Waals surface area contributed by atoms with Crippen LogP contribution in [-0.2, 0) is 19.1 Å². The second-order valence-corrected chi connectivity index (χ2v) is 7.02. The second kappa shape index (κ2) is 8.34. The zero-order chi connectivity index (χ0) is 17.6. The largest absolute Gasteiger partial charge is 0.371 e. The Labute approximate surface area is 149 Å². The Morgan fingerprint density at radius 1 is 1.36 bits per heavy atom. The molecule has 3 heterocycles. The van der Waals surface area contributed by atoms with Crippen molar-refractivity contribution in [3.63, 3.8) is 0 Å². The van der Waals surface area contributed by atoms with Gasteiger partial charge in [-0.05, 0) is 19.3 Å². The molecule has 2 aliphatic heterocycles. The molecule has 1 aromatic rings. The quantitative estimate of drug-likeness (QED) is 0.755. The highest BCUT2D eigenvalue weighted by atomic mass is 32.1. The summed E-state index contributed by atoms with van der Waals surface area (Å²) in [5.41, 5.74) is 0. The van der Waals surface area contributed by atoms with Crippen LogP contribution in [0.15, 0.2) is 0 Å². The fourth-order valence-corrected chi connectivity index (χ4v) is 3.62. The Bertz CT molecular complexity index is 644. The Balaban J connectivity index is 1.38. The van der Waals surface area contributed by atoms with Gasteiger partial charge in [-0.1, -0.05) is 11.3 Å². The highest BCUT2D eigenvalue weighted by molar-refractivity contribution is 7.15. The third-order valence-corrected chi connectivity index (χ3v) is 5.01. The van der Waals surface area contributed by atoms with Crippen molar-refractivity contribution in [2.24, 2.45) is 0 Å². The van der Waals surface area contributed by atoms with Crippen LogP contribution in [0.2, 0.25) is 0 Å². The van der Waals surface area contributed by atoms with Gasteiger partial charge in [-0.15, -0.1) is 10.2 Å². The van der Waals surface area contributed by atoms with Gasteiger partial charge in [-0.2, -0.15) is 0 Å². The van der Waals surface area contributed by atoms with Crippen LogP contribution in [0.3, 0.4) is 0 Å². The third kappa shape index (κ3) is 4.95. The molecule has 2 N–H and O–H groups in total. The Hall–Kier alpha value is -2.07. The SMILES string of the molecule is O=C1CN(C(=O)CCCC(=O)Nc2nnc([C@H]3CCCO3)s2)CCN1. The molecule has 0 unspecified atom stereocenters. The fourth-order valence-electron chi connectivity index (χ4n) is 2.78. The van der Waals surface area contributed by atoms with Crippen molar-refractivity contribution in [3.8, 4) is 0 Å². The summed E-state index contributed by atoms with van der Waals surface area (Å²) < 4.78 is 5.54. The summed E-state index contributed by atoms with van der Waals surface area (Å²) in [6.45, 7) is 1.84. The van der Waals surface area contributed by atoms with Gasteiger partial charge >= 0.3 is 0 Å². The van der Waals surface area contributed by atoms with Gasteiger partial charge in [0.1, 0.15) is 11.1 Å². The molecule has 0 radical (unpaired) electrons. The second-order valence-electron chi connectivity index (χ2n) is 6.01. The number of ether oxygens (including phenoxy) is 1. The summed E-state index contributed by atoms with van der Waals surface area (Å²) in [6, 6.07) is 0. The maximum Gasteiger partial charge on any atom is 0.239 e. The molecule has 2 aliphatic rings. The molecule has 0 bridgehead atoms. The highest BCUT2D eigenvalue weighted by Gasteiger charge is 2.23. The lowest BCUT2D eigenvalue weighted by Gasteiger charge is -2.26. The molecule has 0 saturated carbocycles. The van der Waals surface area contributed by atoms with Crippen LogP contribution < -0.4 is 10.6 Å². The molecule has 136 valence electrons. The molecule has 0 aromatic carbocycles. The van der Waals surface area contributed by atoms with E-state index in [1.807, 2.05) is 0 Å². The molecule has 1 aromatic heterocycles. The van der Waals surface area contributed by atoms with Crippen molar-refractivity contribution in [1.82, 2.24) is 20.4 Å². The summed E-state index contributed by atoms with van der Waals surface area (Å²) in [4.78, 5) is 36.8. The number of nitrogens with zero attached hydrogens (tertiary/aromatic N) is 3. The minimum absolute atomic E-state index is 0.0116. The first-order chi connectivity index (χ1) is 12.1. The van der Waals surface area contributed by atoms with Gasteiger partial charge in [0, 0.05) is 32.5 Å². The number of carbonyl (C=O) groups is 3. The lowest BCUT2D eigenvalue weighted by atomic mass is 10.2. The van der Waals surface area contributed by atoms with Crippen LogP contribution in [0, 0.1) is 0 Å². The van der Waals surface area contributed by atoms with Gasteiger partial charge in [0.05, 0.1) is 6.54 Å². The number of nitrogens with one attached hydrogen (secondary N) is 2. The first kappa shape index (κ1) is 17.7. The number of rotatable bonds is 6. The van der Waals surface area contributed by atoms with Crippen LogP contribution in [-0.4, -0.2) is 59.1 Å². The highest BCUT2D eigenvalue weighted by Crippen LogP contribution is 2.31. The molecule has 1 atom stereocenters. The third-order valence-electron chi connectivity index (χ3n) is 4.08. The van der Waals surface area contributed by atoms with Gasteiger partial charge in [-0.3, -0.25) is 14.4 Å². The van der Waals surface area contributed by atoms with Crippen LogP contribution in [0.1, 0.15) is 43.2 Å². The van der Waals surface area contributed by atoms with E-state index in [0.29, 0.717) is 24.6 Å². The normalized spacial score (nSPS) is 20.4. The summed E-state index contributed by atoms with van der Waals surface area (Å²) in [7, 11) is 0. The number of hydrogen-bond acceptors (Lipinski definition) is 7. The molecule has 2 fully saturated rings. The number of amides is 3.